The lowest BCUT2D eigenvalue weighted by molar-refractivity contribution is -0.139. The van der Waals surface area contributed by atoms with Crippen LogP contribution in [0.15, 0.2) is 72.8 Å². The van der Waals surface area contributed by atoms with Crippen LogP contribution in [0.1, 0.15) is 66.3 Å². The Morgan fingerprint density at radius 2 is 1.53 bits per heavy atom. The highest BCUT2D eigenvalue weighted by Crippen LogP contribution is 2.25. The Morgan fingerprint density at radius 3 is 2.07 bits per heavy atom. The molecular weight excluding hydrogens is 562 g/mol. The van der Waals surface area contributed by atoms with Crippen LogP contribution in [0, 0.1) is 11.8 Å². The van der Waals surface area contributed by atoms with E-state index < -0.39 is 18.0 Å². The van der Waals surface area contributed by atoms with Gasteiger partial charge >= 0.3 is 11.9 Å². The first-order valence-corrected chi connectivity index (χ1v) is 14.2. The van der Waals surface area contributed by atoms with Gasteiger partial charge in [0.05, 0.1) is 12.3 Å². The normalized spacial score (nSPS) is 13.2. The standard InChI is InChI=1S/C28H27NO3.C6H14N2O2.H2S/c1-2-5-24(16-28(30)31)23-12-14-27(15-13-23)32-20-22-10-8-21(9-11-22)17-29-18-25-6-3-4-7-26(25)19-29;7-4-2-1-3-5(8)6(9)10;/h3-4,6-15,24H,16-20H2,1H3,(H,30,31);5H,1-4,7-8H2,(H,9,10);1H2/t24-;5-;/m00./s1. The monoisotopic (exact) mass is 605 g/mol. The first kappa shape index (κ1) is 35.4. The number of hydrogen-bond donors (Lipinski definition) is 4. The highest BCUT2D eigenvalue weighted by Gasteiger charge is 2.18. The van der Waals surface area contributed by atoms with Crippen LogP contribution in [0.3, 0.4) is 0 Å². The van der Waals surface area contributed by atoms with Crippen molar-refractivity contribution in [1.82, 2.24) is 4.90 Å². The number of nitrogens with zero attached hydrogens (tertiary/aromatic N) is 1. The van der Waals surface area contributed by atoms with Gasteiger partial charge in [0.25, 0.3) is 0 Å². The second kappa shape index (κ2) is 18.7. The Hall–Kier alpha value is -3.81. The van der Waals surface area contributed by atoms with Crippen molar-refractivity contribution in [2.24, 2.45) is 11.5 Å². The van der Waals surface area contributed by atoms with Gasteiger partial charge in [0.1, 0.15) is 18.4 Å². The highest BCUT2D eigenvalue weighted by atomic mass is 32.1. The number of rotatable bonds is 13. The molecule has 0 bridgehead atoms. The molecule has 0 amide bonds. The molecule has 1 aliphatic rings. The van der Waals surface area contributed by atoms with Crippen molar-refractivity contribution in [3.63, 3.8) is 0 Å². The highest BCUT2D eigenvalue weighted by molar-refractivity contribution is 7.59. The predicted octanol–water partition coefficient (Wildman–Crippen LogP) is 5.00. The topological polar surface area (TPSA) is 139 Å². The third-order valence-corrected chi connectivity index (χ3v) is 7.01. The largest absolute Gasteiger partial charge is 0.489 e. The first-order chi connectivity index (χ1) is 20.3. The minimum absolute atomic E-state index is 0. The Morgan fingerprint density at radius 1 is 0.930 bits per heavy atom. The maximum atomic E-state index is 11.1. The molecule has 0 aromatic heterocycles. The van der Waals surface area contributed by atoms with E-state index in [1.807, 2.05) is 24.3 Å². The molecule has 3 aromatic carbocycles. The lowest BCUT2D eigenvalue weighted by atomic mass is 9.96. The van der Waals surface area contributed by atoms with Crippen molar-refractivity contribution in [1.29, 1.82) is 0 Å². The van der Waals surface area contributed by atoms with E-state index in [4.69, 9.17) is 26.4 Å². The van der Waals surface area contributed by atoms with E-state index in [1.165, 1.54) is 16.7 Å². The smallest absolute Gasteiger partial charge is 0.320 e. The van der Waals surface area contributed by atoms with Crippen LogP contribution in [0.2, 0.25) is 0 Å². The summed E-state index contributed by atoms with van der Waals surface area (Å²) < 4.78 is 5.92. The van der Waals surface area contributed by atoms with Gasteiger partial charge in [-0.2, -0.15) is 13.5 Å². The minimum atomic E-state index is -0.933. The molecule has 0 fully saturated rings. The number of carboxylic acids is 2. The van der Waals surface area contributed by atoms with E-state index >= 15 is 0 Å². The molecule has 0 unspecified atom stereocenters. The summed E-state index contributed by atoms with van der Waals surface area (Å²) in [4.78, 5) is 23.7. The van der Waals surface area contributed by atoms with E-state index in [0.717, 1.165) is 49.4 Å². The van der Waals surface area contributed by atoms with Gasteiger partial charge in [-0.15, -0.1) is 5.92 Å². The van der Waals surface area contributed by atoms with Crippen molar-refractivity contribution in [2.45, 2.75) is 70.8 Å². The first-order valence-electron chi connectivity index (χ1n) is 14.2. The molecule has 1 heterocycles. The van der Waals surface area contributed by atoms with Crippen molar-refractivity contribution in [3.05, 3.63) is 101 Å². The third kappa shape index (κ3) is 12.1. The van der Waals surface area contributed by atoms with Crippen molar-refractivity contribution >= 4 is 25.4 Å². The summed E-state index contributed by atoms with van der Waals surface area (Å²) in [7, 11) is 0. The summed E-state index contributed by atoms with van der Waals surface area (Å²) in [5.74, 6) is 4.45. The second-order valence-corrected chi connectivity index (χ2v) is 10.4. The number of nitrogens with two attached hydrogens (primary N) is 2. The molecule has 9 heteroatoms. The lowest BCUT2D eigenvalue weighted by Crippen LogP contribution is -2.29. The number of carbonyl (C=O) groups is 2. The van der Waals surface area contributed by atoms with Gasteiger partial charge in [0.15, 0.2) is 0 Å². The van der Waals surface area contributed by atoms with E-state index in [1.54, 1.807) is 6.92 Å². The van der Waals surface area contributed by atoms with Gasteiger partial charge in [0, 0.05) is 19.6 Å². The van der Waals surface area contributed by atoms with Crippen LogP contribution < -0.4 is 16.2 Å². The van der Waals surface area contributed by atoms with Gasteiger partial charge < -0.3 is 26.4 Å². The molecule has 4 rings (SSSR count). The summed E-state index contributed by atoms with van der Waals surface area (Å²) in [5, 5.41) is 17.4. The third-order valence-electron chi connectivity index (χ3n) is 7.01. The molecule has 0 spiro atoms. The number of unbranched alkanes of at least 4 members (excludes halogenated alkanes) is 1. The Kier molecular flexibility index (Phi) is 15.4. The zero-order valence-corrected chi connectivity index (χ0v) is 25.7. The molecule has 43 heavy (non-hydrogen) atoms. The molecule has 8 nitrogen and oxygen atoms in total. The Labute approximate surface area is 261 Å². The summed E-state index contributed by atoms with van der Waals surface area (Å²) in [5.41, 5.74) is 16.6. The van der Waals surface area contributed by atoms with Crippen LogP contribution in [0.4, 0.5) is 0 Å². The molecule has 0 saturated carbocycles. The summed E-state index contributed by atoms with van der Waals surface area (Å²) in [6.45, 7) is 5.77. The summed E-state index contributed by atoms with van der Waals surface area (Å²) in [6, 6.07) is 24.0. The van der Waals surface area contributed by atoms with Gasteiger partial charge in [-0.3, -0.25) is 14.5 Å². The minimum Gasteiger partial charge on any atom is -0.489 e. The molecule has 6 N–H and O–H groups in total. The average molecular weight is 606 g/mol. The molecular formula is C34H43N3O5S. The van der Waals surface area contributed by atoms with Crippen LogP contribution >= 0.6 is 13.5 Å². The fourth-order valence-corrected chi connectivity index (χ4v) is 4.71. The van der Waals surface area contributed by atoms with E-state index in [-0.39, 0.29) is 25.8 Å². The zero-order chi connectivity index (χ0) is 30.3. The zero-order valence-electron chi connectivity index (χ0n) is 24.7. The van der Waals surface area contributed by atoms with Gasteiger partial charge in [-0.25, -0.2) is 0 Å². The van der Waals surface area contributed by atoms with Gasteiger partial charge in [-0.05, 0) is 66.3 Å². The number of carboxylic acid groups (broad SMARTS) is 2. The Bertz CT molecular complexity index is 1330. The molecule has 230 valence electrons. The van der Waals surface area contributed by atoms with Crippen molar-refractivity contribution in [3.8, 4) is 17.6 Å². The van der Waals surface area contributed by atoms with Gasteiger partial charge in [0.2, 0.25) is 0 Å². The summed E-state index contributed by atoms with van der Waals surface area (Å²) in [6.07, 6.45) is 2.16. The van der Waals surface area contributed by atoms with Crippen LogP contribution in [0.5, 0.6) is 5.75 Å². The van der Waals surface area contributed by atoms with E-state index in [0.29, 0.717) is 19.6 Å². The van der Waals surface area contributed by atoms with E-state index in [9.17, 15) is 9.59 Å². The fourth-order valence-electron chi connectivity index (χ4n) is 4.71. The van der Waals surface area contributed by atoms with Crippen LogP contribution in [-0.4, -0.2) is 39.6 Å². The molecule has 1 aliphatic heterocycles. The lowest BCUT2D eigenvalue weighted by Gasteiger charge is -2.15. The summed E-state index contributed by atoms with van der Waals surface area (Å²) >= 11 is 0. The molecule has 0 radical (unpaired) electrons. The maximum absolute atomic E-state index is 11.1. The molecule has 0 aliphatic carbocycles. The average Bonchev–Trinajstić information content (AvgIpc) is 3.39. The maximum Gasteiger partial charge on any atom is 0.320 e. The van der Waals surface area contributed by atoms with Crippen molar-refractivity contribution in [2.75, 3.05) is 6.54 Å². The molecule has 0 saturated heterocycles. The molecule has 3 aromatic rings. The SMILES string of the molecule is CC#C[C@@H](CC(=O)O)c1ccc(OCc2ccc(CN3Cc4ccccc4C3)cc2)cc1.NCCCC[C@H](N)C(=O)O.S. The quantitative estimate of drug-likeness (QED) is 0.158. The second-order valence-electron chi connectivity index (χ2n) is 10.4. The van der Waals surface area contributed by atoms with Crippen LogP contribution in [-0.2, 0) is 35.8 Å². The number of ether oxygens (including phenoxy) is 1. The Balaban J connectivity index is 0.000000507. The fraction of sp³-hybridized carbons (Fsp3) is 0.353. The molecule has 2 atom stereocenters. The van der Waals surface area contributed by atoms with E-state index in [2.05, 4.69) is 65.3 Å². The number of aliphatic carboxylic acids is 2. The number of hydrogen-bond acceptors (Lipinski definition) is 6. The number of benzene rings is 3. The predicted molar refractivity (Wildman–Crippen MR) is 174 cm³/mol. The van der Waals surface area contributed by atoms with Crippen molar-refractivity contribution < 1.29 is 24.5 Å². The van der Waals surface area contributed by atoms with Crippen LogP contribution in [0.25, 0.3) is 0 Å². The number of fused-ring (bicyclic) bond motifs is 1. The van der Waals surface area contributed by atoms with Gasteiger partial charge in [-0.1, -0.05) is 73.0 Å².